The lowest BCUT2D eigenvalue weighted by atomic mass is 10.0. The van der Waals surface area contributed by atoms with Crippen molar-refractivity contribution in [3.8, 4) is 0 Å². The van der Waals surface area contributed by atoms with Crippen molar-refractivity contribution < 1.29 is 0 Å². The molecule has 3 aromatic rings. The van der Waals surface area contributed by atoms with Gasteiger partial charge in [0.05, 0.1) is 15.2 Å². The third-order valence-electron chi connectivity index (χ3n) is 3.35. The average molecular weight is 347 g/mol. The van der Waals surface area contributed by atoms with Crippen LogP contribution in [0, 0.1) is 6.92 Å². The standard InChI is InChI=1S/C16H15BrN2S/c1-10-5-4-6-11(16(10)17)12(18)9-15-19-13-7-2-3-8-14(13)20-15/h2-8,12H,9,18H2,1H3. The van der Waals surface area contributed by atoms with Crippen LogP contribution in [-0.4, -0.2) is 4.98 Å². The van der Waals surface area contributed by atoms with Crippen LogP contribution in [0.15, 0.2) is 46.9 Å². The van der Waals surface area contributed by atoms with Crippen LogP contribution in [0.25, 0.3) is 10.2 Å². The second-order valence-electron chi connectivity index (χ2n) is 4.86. The molecule has 0 spiro atoms. The molecule has 0 aliphatic heterocycles. The Kier molecular flexibility index (Phi) is 3.87. The summed E-state index contributed by atoms with van der Waals surface area (Å²) in [6, 6.07) is 14.4. The van der Waals surface area contributed by atoms with Gasteiger partial charge in [0, 0.05) is 16.9 Å². The molecule has 0 bridgehead atoms. The highest BCUT2D eigenvalue weighted by molar-refractivity contribution is 9.10. The zero-order valence-electron chi connectivity index (χ0n) is 11.1. The molecule has 1 atom stereocenters. The second kappa shape index (κ2) is 5.64. The summed E-state index contributed by atoms with van der Waals surface area (Å²) in [5, 5.41) is 1.09. The van der Waals surface area contributed by atoms with Gasteiger partial charge in [0.2, 0.25) is 0 Å². The highest BCUT2D eigenvalue weighted by Gasteiger charge is 2.14. The zero-order chi connectivity index (χ0) is 14.1. The largest absolute Gasteiger partial charge is 0.324 e. The minimum Gasteiger partial charge on any atom is -0.324 e. The third kappa shape index (κ3) is 2.64. The Morgan fingerprint density at radius 2 is 2.00 bits per heavy atom. The first-order valence-electron chi connectivity index (χ1n) is 6.50. The number of halogens is 1. The predicted octanol–water partition coefficient (Wildman–Crippen LogP) is 4.61. The molecule has 0 aliphatic rings. The summed E-state index contributed by atoms with van der Waals surface area (Å²) in [6.45, 7) is 2.08. The number of aryl methyl sites for hydroxylation is 1. The molecule has 3 rings (SSSR count). The molecule has 0 amide bonds. The molecular weight excluding hydrogens is 332 g/mol. The molecule has 2 aromatic carbocycles. The molecule has 0 saturated heterocycles. The van der Waals surface area contributed by atoms with Crippen LogP contribution >= 0.6 is 27.3 Å². The van der Waals surface area contributed by atoms with Crippen LogP contribution in [0.5, 0.6) is 0 Å². The van der Waals surface area contributed by atoms with Crippen LogP contribution in [0.3, 0.4) is 0 Å². The fourth-order valence-corrected chi connectivity index (χ4v) is 3.85. The third-order valence-corrected chi connectivity index (χ3v) is 5.50. The van der Waals surface area contributed by atoms with Gasteiger partial charge in [-0.2, -0.15) is 0 Å². The lowest BCUT2D eigenvalue weighted by molar-refractivity contribution is 0.715. The van der Waals surface area contributed by atoms with E-state index >= 15 is 0 Å². The topological polar surface area (TPSA) is 38.9 Å². The van der Waals surface area contributed by atoms with Gasteiger partial charge in [-0.05, 0) is 30.2 Å². The SMILES string of the molecule is Cc1cccc(C(N)Cc2nc3ccccc3s2)c1Br. The lowest BCUT2D eigenvalue weighted by Crippen LogP contribution is -2.14. The highest BCUT2D eigenvalue weighted by atomic mass is 79.9. The Bertz CT molecular complexity index is 718. The number of hydrogen-bond acceptors (Lipinski definition) is 3. The van der Waals surface area contributed by atoms with E-state index in [0.717, 1.165) is 27.0 Å². The second-order valence-corrected chi connectivity index (χ2v) is 6.77. The number of nitrogens with two attached hydrogens (primary N) is 1. The normalized spacial score (nSPS) is 12.8. The molecule has 102 valence electrons. The quantitative estimate of drug-likeness (QED) is 0.751. The van der Waals surface area contributed by atoms with E-state index in [-0.39, 0.29) is 6.04 Å². The first-order valence-corrected chi connectivity index (χ1v) is 8.11. The number of thiazole rings is 1. The van der Waals surface area contributed by atoms with Crippen molar-refractivity contribution in [2.24, 2.45) is 5.73 Å². The Labute approximate surface area is 130 Å². The van der Waals surface area contributed by atoms with Crippen molar-refractivity contribution in [1.82, 2.24) is 4.98 Å². The minimum atomic E-state index is -0.0372. The van der Waals surface area contributed by atoms with E-state index in [1.807, 2.05) is 24.3 Å². The van der Waals surface area contributed by atoms with Gasteiger partial charge in [0.25, 0.3) is 0 Å². The Balaban J connectivity index is 1.88. The van der Waals surface area contributed by atoms with E-state index in [1.54, 1.807) is 11.3 Å². The molecule has 2 N–H and O–H groups in total. The van der Waals surface area contributed by atoms with Crippen LogP contribution in [0.2, 0.25) is 0 Å². The summed E-state index contributed by atoms with van der Waals surface area (Å²) in [5.74, 6) is 0. The van der Waals surface area contributed by atoms with Crippen molar-refractivity contribution >= 4 is 37.5 Å². The molecule has 1 unspecified atom stereocenters. The maximum Gasteiger partial charge on any atom is 0.0957 e. The molecular formula is C16H15BrN2S. The van der Waals surface area contributed by atoms with Crippen LogP contribution < -0.4 is 5.73 Å². The molecule has 1 aromatic heterocycles. The van der Waals surface area contributed by atoms with Crippen molar-refractivity contribution in [2.45, 2.75) is 19.4 Å². The monoisotopic (exact) mass is 346 g/mol. The van der Waals surface area contributed by atoms with Crippen molar-refractivity contribution in [1.29, 1.82) is 0 Å². The molecule has 4 heteroatoms. The lowest BCUT2D eigenvalue weighted by Gasteiger charge is -2.13. The number of aromatic nitrogens is 1. The minimum absolute atomic E-state index is 0.0372. The van der Waals surface area contributed by atoms with Crippen LogP contribution in [-0.2, 0) is 6.42 Å². The Morgan fingerprint density at radius 3 is 2.80 bits per heavy atom. The molecule has 0 saturated carbocycles. The fraction of sp³-hybridized carbons (Fsp3) is 0.188. The van der Waals surface area contributed by atoms with E-state index in [9.17, 15) is 0 Å². The Hall–Kier alpha value is -1.23. The van der Waals surface area contributed by atoms with Crippen molar-refractivity contribution in [2.75, 3.05) is 0 Å². The van der Waals surface area contributed by atoms with Crippen LogP contribution in [0.4, 0.5) is 0 Å². The molecule has 0 aliphatic carbocycles. The Morgan fingerprint density at radius 1 is 1.20 bits per heavy atom. The van der Waals surface area contributed by atoms with Crippen molar-refractivity contribution in [3.05, 3.63) is 63.1 Å². The molecule has 0 radical (unpaired) electrons. The van der Waals surface area contributed by atoms with E-state index < -0.39 is 0 Å². The number of fused-ring (bicyclic) bond motifs is 1. The van der Waals surface area contributed by atoms with E-state index in [0.29, 0.717) is 0 Å². The average Bonchev–Trinajstić information content (AvgIpc) is 2.83. The molecule has 0 fully saturated rings. The maximum atomic E-state index is 6.36. The highest BCUT2D eigenvalue weighted by Crippen LogP contribution is 2.29. The van der Waals surface area contributed by atoms with E-state index in [1.165, 1.54) is 10.3 Å². The first-order chi connectivity index (χ1) is 9.65. The van der Waals surface area contributed by atoms with Gasteiger partial charge in [-0.25, -0.2) is 4.98 Å². The zero-order valence-corrected chi connectivity index (χ0v) is 13.5. The van der Waals surface area contributed by atoms with Gasteiger partial charge in [0.1, 0.15) is 0 Å². The van der Waals surface area contributed by atoms with E-state index in [4.69, 9.17) is 5.73 Å². The molecule has 20 heavy (non-hydrogen) atoms. The summed E-state index contributed by atoms with van der Waals surface area (Å²) in [5.41, 5.74) is 9.77. The molecule has 2 nitrogen and oxygen atoms in total. The fourth-order valence-electron chi connectivity index (χ4n) is 2.26. The van der Waals surface area contributed by atoms with Crippen LogP contribution in [0.1, 0.15) is 22.2 Å². The smallest absolute Gasteiger partial charge is 0.0957 e. The molecule has 1 heterocycles. The van der Waals surface area contributed by atoms with Gasteiger partial charge in [-0.3, -0.25) is 0 Å². The van der Waals surface area contributed by atoms with Gasteiger partial charge in [0.15, 0.2) is 0 Å². The number of rotatable bonds is 3. The predicted molar refractivity (Wildman–Crippen MR) is 89.1 cm³/mol. The number of nitrogens with zero attached hydrogens (tertiary/aromatic N) is 1. The van der Waals surface area contributed by atoms with Crippen molar-refractivity contribution in [3.63, 3.8) is 0 Å². The number of benzene rings is 2. The summed E-state index contributed by atoms with van der Waals surface area (Å²) >= 11 is 5.36. The summed E-state index contributed by atoms with van der Waals surface area (Å²) < 4.78 is 2.33. The summed E-state index contributed by atoms with van der Waals surface area (Å²) in [7, 11) is 0. The van der Waals surface area contributed by atoms with E-state index in [2.05, 4.69) is 46.0 Å². The number of para-hydroxylation sites is 1. The van der Waals surface area contributed by atoms with Gasteiger partial charge in [-0.15, -0.1) is 11.3 Å². The van der Waals surface area contributed by atoms with Gasteiger partial charge in [-0.1, -0.05) is 46.3 Å². The number of hydrogen-bond donors (Lipinski definition) is 1. The van der Waals surface area contributed by atoms with Gasteiger partial charge < -0.3 is 5.73 Å². The summed E-state index contributed by atoms with van der Waals surface area (Å²) in [4.78, 5) is 4.65. The van der Waals surface area contributed by atoms with Gasteiger partial charge >= 0.3 is 0 Å². The maximum absolute atomic E-state index is 6.36. The first kappa shape index (κ1) is 13.7. The summed E-state index contributed by atoms with van der Waals surface area (Å²) in [6.07, 6.45) is 0.765.